The third-order valence-electron chi connectivity index (χ3n) is 3.88. The van der Waals surface area contributed by atoms with Gasteiger partial charge < -0.3 is 25.3 Å². The molecule has 0 aromatic heterocycles. The van der Waals surface area contributed by atoms with E-state index in [0.717, 1.165) is 5.56 Å². The largest absolute Gasteiger partial charge is 0.458 e. The van der Waals surface area contributed by atoms with Crippen molar-refractivity contribution in [1.82, 2.24) is 5.32 Å². The molecule has 0 aliphatic rings. The number of carbonyl (C=O) groups is 2. The van der Waals surface area contributed by atoms with Crippen LogP contribution in [0.2, 0.25) is 0 Å². The summed E-state index contributed by atoms with van der Waals surface area (Å²) in [6.07, 6.45) is -0.920. The lowest BCUT2D eigenvalue weighted by Gasteiger charge is -2.26. The summed E-state index contributed by atoms with van der Waals surface area (Å²) in [6.45, 7) is 10.2. The molecule has 1 atom stereocenters. The van der Waals surface area contributed by atoms with Crippen LogP contribution in [0.1, 0.15) is 47.1 Å². The van der Waals surface area contributed by atoms with Crippen LogP contribution in [-0.2, 0) is 35.4 Å². The topological polar surface area (TPSA) is 146 Å². The summed E-state index contributed by atoms with van der Waals surface area (Å²) in [5, 5.41) is 2.30. The molecule has 34 heavy (non-hydrogen) atoms. The summed E-state index contributed by atoms with van der Waals surface area (Å²) < 4.78 is 41.1. The number of hydrogen-bond acceptors (Lipinski definition) is 8. The average molecular weight is 500 g/mol. The number of nitrogens with two attached hydrogens (primary N) is 1. The van der Waals surface area contributed by atoms with E-state index in [4.69, 9.17) is 19.9 Å². The number of esters is 1. The number of nitrogens with one attached hydrogen (secondary N) is 1. The second kappa shape index (κ2) is 12.7. The lowest BCUT2D eigenvalue weighted by Crippen LogP contribution is -2.49. The van der Waals surface area contributed by atoms with Crippen molar-refractivity contribution in [3.8, 4) is 0 Å². The number of rotatable bonds is 11. The first kappa shape index (κ1) is 29.4. The third kappa shape index (κ3) is 13.8. The molecule has 0 unspecified atom stereocenters. The fourth-order valence-corrected chi connectivity index (χ4v) is 3.81. The van der Waals surface area contributed by atoms with E-state index >= 15 is 0 Å². The van der Waals surface area contributed by atoms with Crippen molar-refractivity contribution in [2.75, 3.05) is 24.7 Å². The Morgan fingerprint density at radius 2 is 1.62 bits per heavy atom. The number of hydrogen-bond donors (Lipinski definition) is 2. The van der Waals surface area contributed by atoms with Crippen molar-refractivity contribution in [2.45, 2.75) is 65.4 Å². The molecule has 0 aliphatic carbocycles. The van der Waals surface area contributed by atoms with Gasteiger partial charge in [-0.2, -0.15) is 0 Å². The molecular weight excluding hydrogens is 462 g/mol. The van der Waals surface area contributed by atoms with E-state index < -0.39 is 44.9 Å². The van der Waals surface area contributed by atoms with E-state index in [1.807, 2.05) is 30.3 Å². The molecule has 1 amide bonds. The predicted octanol–water partition coefficient (Wildman–Crippen LogP) is 2.21. The maximum Gasteiger partial charge on any atom is 0.408 e. The van der Waals surface area contributed by atoms with Gasteiger partial charge in [-0.05, 0) is 47.1 Å². The summed E-state index contributed by atoms with van der Waals surface area (Å²) in [4.78, 5) is 28.7. The molecule has 0 saturated carbocycles. The molecule has 0 bridgehead atoms. The number of benzene rings is 1. The molecule has 1 aromatic carbocycles. The summed E-state index contributed by atoms with van der Waals surface area (Å²) in [5.74, 6) is -1.76. The fourth-order valence-electron chi connectivity index (χ4n) is 2.55. The average Bonchev–Trinajstić information content (AvgIpc) is 2.65. The molecule has 0 spiro atoms. The molecule has 0 aliphatic heterocycles. The number of aliphatic imine (C=N–C) groups is 1. The van der Waals surface area contributed by atoms with Gasteiger partial charge >= 0.3 is 12.1 Å². The molecular formula is C23H37N3O7S. The lowest BCUT2D eigenvalue weighted by molar-refractivity contribution is -0.156. The Labute approximate surface area is 202 Å². The van der Waals surface area contributed by atoms with Crippen molar-refractivity contribution >= 4 is 27.7 Å². The van der Waals surface area contributed by atoms with Gasteiger partial charge in [0, 0.05) is 0 Å². The highest BCUT2D eigenvalue weighted by Gasteiger charge is 2.32. The standard InChI is InChI=1S/C23H37N3O7S/c1-22(2,3)32-20(27)18(26-21(28)33-23(4,5)6)16-34(29,30)13-12-25-19(24)15-31-14-17-10-8-7-9-11-17/h7-11,18H,12-16H2,1-6H3,(H2,24,25)(H,26,28)/t18-/m0/s1. The minimum absolute atomic E-state index is 0.0513. The molecule has 1 aromatic rings. The Balaban J connectivity index is 2.68. The van der Waals surface area contributed by atoms with Gasteiger partial charge in [-0.1, -0.05) is 30.3 Å². The van der Waals surface area contributed by atoms with Crippen molar-refractivity contribution in [3.05, 3.63) is 35.9 Å². The molecule has 0 fully saturated rings. The predicted molar refractivity (Wildman–Crippen MR) is 130 cm³/mol. The van der Waals surface area contributed by atoms with Crippen LogP contribution in [0.3, 0.4) is 0 Å². The van der Waals surface area contributed by atoms with Crippen molar-refractivity contribution in [3.63, 3.8) is 0 Å². The Bertz CT molecular complexity index is 934. The van der Waals surface area contributed by atoms with Crippen LogP contribution in [-0.4, -0.2) is 68.2 Å². The van der Waals surface area contributed by atoms with Gasteiger partial charge in [-0.15, -0.1) is 0 Å². The van der Waals surface area contributed by atoms with E-state index in [0.29, 0.717) is 6.61 Å². The van der Waals surface area contributed by atoms with Crippen LogP contribution >= 0.6 is 0 Å². The first-order valence-corrected chi connectivity index (χ1v) is 12.7. The summed E-state index contributed by atoms with van der Waals surface area (Å²) in [5.41, 5.74) is 5.08. The number of amides is 1. The Hall–Kier alpha value is -2.66. The SMILES string of the molecule is CC(C)(C)OC(=O)N[C@@H](CS(=O)(=O)CCN=C(N)COCc1ccccc1)C(=O)OC(C)(C)C. The monoisotopic (exact) mass is 499 g/mol. The van der Waals surface area contributed by atoms with Gasteiger partial charge in [-0.3, -0.25) is 4.99 Å². The Kier molecular flexibility index (Phi) is 11.0. The number of carbonyl (C=O) groups excluding carboxylic acids is 2. The summed E-state index contributed by atoms with van der Waals surface area (Å²) in [7, 11) is -3.80. The third-order valence-corrected chi connectivity index (χ3v) is 5.53. The van der Waals surface area contributed by atoms with Crippen LogP contribution in [0.4, 0.5) is 4.79 Å². The van der Waals surface area contributed by atoms with E-state index in [2.05, 4.69) is 10.3 Å². The highest BCUT2D eigenvalue weighted by Crippen LogP contribution is 2.12. The molecule has 192 valence electrons. The number of ether oxygens (including phenoxy) is 3. The second-order valence-electron chi connectivity index (χ2n) is 9.70. The first-order chi connectivity index (χ1) is 15.6. The molecule has 0 heterocycles. The van der Waals surface area contributed by atoms with Crippen LogP contribution in [0.5, 0.6) is 0 Å². The number of amidine groups is 1. The van der Waals surface area contributed by atoms with Crippen LogP contribution in [0.15, 0.2) is 35.3 Å². The van der Waals surface area contributed by atoms with Gasteiger partial charge in [0.15, 0.2) is 9.84 Å². The zero-order valence-corrected chi connectivity index (χ0v) is 21.6. The normalized spacial score (nSPS) is 13.8. The van der Waals surface area contributed by atoms with Gasteiger partial charge in [-0.25, -0.2) is 18.0 Å². The Morgan fingerprint density at radius 3 is 2.18 bits per heavy atom. The molecule has 0 saturated heterocycles. The van der Waals surface area contributed by atoms with E-state index in [-0.39, 0.29) is 24.7 Å². The van der Waals surface area contributed by atoms with Crippen LogP contribution in [0, 0.1) is 0 Å². The minimum atomic E-state index is -3.80. The fraction of sp³-hybridized carbons (Fsp3) is 0.609. The molecule has 10 nitrogen and oxygen atoms in total. The van der Waals surface area contributed by atoms with Gasteiger partial charge in [0.2, 0.25) is 0 Å². The molecule has 0 radical (unpaired) electrons. The molecule has 3 N–H and O–H groups in total. The van der Waals surface area contributed by atoms with E-state index in [1.165, 1.54) is 0 Å². The van der Waals surface area contributed by atoms with E-state index in [1.54, 1.807) is 41.5 Å². The smallest absolute Gasteiger partial charge is 0.408 e. The Morgan fingerprint density at radius 1 is 1.03 bits per heavy atom. The highest BCUT2D eigenvalue weighted by molar-refractivity contribution is 7.91. The maximum atomic E-state index is 12.6. The zero-order chi connectivity index (χ0) is 26.0. The van der Waals surface area contributed by atoms with Gasteiger partial charge in [0.25, 0.3) is 0 Å². The van der Waals surface area contributed by atoms with Crippen molar-refractivity contribution in [1.29, 1.82) is 0 Å². The van der Waals surface area contributed by atoms with Gasteiger partial charge in [0.1, 0.15) is 29.7 Å². The summed E-state index contributed by atoms with van der Waals surface area (Å²) >= 11 is 0. The molecule has 1 rings (SSSR count). The zero-order valence-electron chi connectivity index (χ0n) is 20.8. The number of alkyl carbamates (subject to hydrolysis) is 1. The first-order valence-electron chi connectivity index (χ1n) is 10.9. The maximum absolute atomic E-state index is 12.6. The van der Waals surface area contributed by atoms with Crippen LogP contribution < -0.4 is 11.1 Å². The lowest BCUT2D eigenvalue weighted by atomic mass is 10.2. The van der Waals surface area contributed by atoms with Crippen molar-refractivity contribution in [2.24, 2.45) is 10.7 Å². The van der Waals surface area contributed by atoms with Crippen molar-refractivity contribution < 1.29 is 32.2 Å². The number of sulfone groups is 1. The number of nitrogens with zero attached hydrogens (tertiary/aromatic N) is 1. The minimum Gasteiger partial charge on any atom is -0.458 e. The quantitative estimate of drug-likeness (QED) is 0.268. The molecule has 11 heteroatoms. The van der Waals surface area contributed by atoms with Crippen LogP contribution in [0.25, 0.3) is 0 Å². The highest BCUT2D eigenvalue weighted by atomic mass is 32.2. The summed E-state index contributed by atoms with van der Waals surface area (Å²) in [6, 6.07) is 8.07. The second-order valence-corrected chi connectivity index (χ2v) is 11.9. The van der Waals surface area contributed by atoms with Gasteiger partial charge in [0.05, 0.1) is 24.7 Å². The van der Waals surface area contributed by atoms with E-state index in [9.17, 15) is 18.0 Å².